The van der Waals surface area contributed by atoms with Crippen molar-refractivity contribution in [1.82, 2.24) is 9.88 Å². The summed E-state index contributed by atoms with van der Waals surface area (Å²) in [6, 6.07) is 7.70. The molecule has 0 aliphatic rings. The monoisotopic (exact) mass is 387 g/mol. The molecule has 5 nitrogen and oxygen atoms in total. The highest BCUT2D eigenvalue weighted by Gasteiger charge is 2.20. The fourth-order valence-electron chi connectivity index (χ4n) is 2.72. The normalized spacial score (nSPS) is 11.3. The van der Waals surface area contributed by atoms with Gasteiger partial charge in [0.05, 0.1) is 0 Å². The molecule has 1 heterocycles. The number of hydrogen-bond acceptors (Lipinski definition) is 4. The number of thiazole rings is 1. The van der Waals surface area contributed by atoms with Gasteiger partial charge in [-0.15, -0.1) is 11.3 Å². The van der Waals surface area contributed by atoms with E-state index in [9.17, 15) is 9.59 Å². The Hall–Kier alpha value is -2.21. The first-order valence-electron chi connectivity index (χ1n) is 9.40. The predicted molar refractivity (Wildman–Crippen MR) is 111 cm³/mol. The third kappa shape index (κ3) is 6.47. The van der Waals surface area contributed by atoms with Crippen LogP contribution in [-0.4, -0.2) is 34.8 Å². The van der Waals surface area contributed by atoms with E-state index in [-0.39, 0.29) is 23.8 Å². The Morgan fingerprint density at radius 3 is 2.41 bits per heavy atom. The van der Waals surface area contributed by atoms with Crippen molar-refractivity contribution in [2.75, 3.05) is 18.4 Å². The molecule has 0 saturated heterocycles. The first-order valence-corrected chi connectivity index (χ1v) is 10.3. The third-order valence-corrected chi connectivity index (χ3v) is 5.02. The maximum atomic E-state index is 13.0. The fourth-order valence-corrected chi connectivity index (χ4v) is 3.26. The lowest BCUT2D eigenvalue weighted by Gasteiger charge is -2.23. The molecule has 0 unspecified atom stereocenters. The Kier molecular flexibility index (Phi) is 7.54. The van der Waals surface area contributed by atoms with Crippen LogP contribution in [0, 0.1) is 0 Å². The Labute approximate surface area is 165 Å². The van der Waals surface area contributed by atoms with Gasteiger partial charge in [0.1, 0.15) is 6.54 Å². The van der Waals surface area contributed by atoms with Crippen molar-refractivity contribution >= 4 is 28.3 Å². The maximum Gasteiger partial charge on any atom is 0.254 e. The molecule has 0 aliphatic heterocycles. The van der Waals surface area contributed by atoms with Crippen LogP contribution in [-0.2, 0) is 10.2 Å². The zero-order chi connectivity index (χ0) is 19.9. The number of aromatic nitrogens is 1. The van der Waals surface area contributed by atoms with Crippen molar-refractivity contribution in [1.29, 1.82) is 0 Å². The molecule has 2 aromatic rings. The number of anilines is 1. The molecular weight excluding hydrogens is 358 g/mol. The van der Waals surface area contributed by atoms with Crippen LogP contribution in [0.15, 0.2) is 35.8 Å². The number of rotatable bonds is 8. The van der Waals surface area contributed by atoms with Gasteiger partial charge in [0.2, 0.25) is 5.91 Å². The molecule has 1 aromatic carbocycles. The summed E-state index contributed by atoms with van der Waals surface area (Å²) < 4.78 is 0. The molecule has 0 bridgehead atoms. The Morgan fingerprint density at radius 2 is 1.85 bits per heavy atom. The zero-order valence-corrected chi connectivity index (χ0v) is 17.4. The average Bonchev–Trinajstić information content (AvgIpc) is 3.12. The van der Waals surface area contributed by atoms with Crippen LogP contribution in [0.25, 0.3) is 0 Å². The van der Waals surface area contributed by atoms with Crippen molar-refractivity contribution in [3.63, 3.8) is 0 Å². The lowest BCUT2D eigenvalue weighted by molar-refractivity contribution is -0.116. The summed E-state index contributed by atoms with van der Waals surface area (Å²) in [5.41, 5.74) is 1.83. The van der Waals surface area contributed by atoms with E-state index in [2.05, 4.69) is 38.0 Å². The first kappa shape index (κ1) is 21.1. The van der Waals surface area contributed by atoms with Crippen molar-refractivity contribution < 1.29 is 9.59 Å². The number of carbonyl (C=O) groups excluding carboxylic acids is 2. The minimum atomic E-state index is -0.221. The fraction of sp³-hybridized carbons (Fsp3) is 0.476. The molecule has 27 heavy (non-hydrogen) atoms. The Balaban J connectivity index is 2.09. The molecule has 0 atom stereocenters. The number of benzene rings is 1. The van der Waals surface area contributed by atoms with E-state index in [1.165, 1.54) is 16.9 Å². The number of amides is 2. The number of unbranched alkanes of at least 4 members (excludes halogenated alkanes) is 2. The third-order valence-electron chi connectivity index (χ3n) is 4.33. The highest BCUT2D eigenvalue weighted by molar-refractivity contribution is 7.13. The minimum Gasteiger partial charge on any atom is -0.329 e. The van der Waals surface area contributed by atoms with Crippen LogP contribution >= 0.6 is 11.3 Å². The average molecular weight is 388 g/mol. The quantitative estimate of drug-likeness (QED) is 0.667. The molecule has 0 spiro atoms. The van der Waals surface area contributed by atoms with Crippen LogP contribution in [0.2, 0.25) is 0 Å². The smallest absolute Gasteiger partial charge is 0.254 e. The zero-order valence-electron chi connectivity index (χ0n) is 16.6. The van der Waals surface area contributed by atoms with Crippen molar-refractivity contribution in [2.45, 2.75) is 52.4 Å². The highest BCUT2D eigenvalue weighted by atomic mass is 32.1. The largest absolute Gasteiger partial charge is 0.329 e. The summed E-state index contributed by atoms with van der Waals surface area (Å²) in [5.74, 6) is -0.332. The molecule has 0 fully saturated rings. The van der Waals surface area contributed by atoms with E-state index in [0.29, 0.717) is 17.2 Å². The van der Waals surface area contributed by atoms with Gasteiger partial charge in [-0.25, -0.2) is 4.98 Å². The molecule has 1 aromatic heterocycles. The number of nitrogens with zero attached hydrogens (tertiary/aromatic N) is 2. The van der Waals surface area contributed by atoms with Crippen LogP contribution in [0.4, 0.5) is 5.13 Å². The van der Waals surface area contributed by atoms with Gasteiger partial charge >= 0.3 is 0 Å². The van der Waals surface area contributed by atoms with Gasteiger partial charge < -0.3 is 10.2 Å². The van der Waals surface area contributed by atoms with Crippen molar-refractivity contribution in [3.8, 4) is 0 Å². The molecule has 0 saturated carbocycles. The second-order valence-electron chi connectivity index (χ2n) is 7.65. The van der Waals surface area contributed by atoms with Crippen LogP contribution in [0.3, 0.4) is 0 Å². The Morgan fingerprint density at radius 1 is 1.15 bits per heavy atom. The predicted octanol–water partition coefficient (Wildman–Crippen LogP) is 4.71. The van der Waals surface area contributed by atoms with E-state index in [1.54, 1.807) is 16.5 Å². The molecule has 146 valence electrons. The van der Waals surface area contributed by atoms with Crippen LogP contribution in [0.5, 0.6) is 0 Å². The van der Waals surface area contributed by atoms with Gasteiger partial charge in [0.25, 0.3) is 5.91 Å². The molecule has 0 radical (unpaired) electrons. The van der Waals surface area contributed by atoms with Crippen molar-refractivity contribution in [3.05, 3.63) is 47.0 Å². The molecular formula is C21H29N3O2S. The van der Waals surface area contributed by atoms with Crippen molar-refractivity contribution in [2.24, 2.45) is 0 Å². The van der Waals surface area contributed by atoms with Gasteiger partial charge in [-0.05, 0) is 29.5 Å². The Bertz CT molecular complexity index is 734. The highest BCUT2D eigenvalue weighted by Crippen LogP contribution is 2.22. The minimum absolute atomic E-state index is 0.0309. The number of nitrogens with one attached hydrogen (secondary N) is 1. The SMILES string of the molecule is CCCCCN(CC(=O)Nc1nccs1)C(=O)c1ccc(C(C)(C)C)cc1. The van der Waals surface area contributed by atoms with Gasteiger partial charge in [0, 0.05) is 23.7 Å². The summed E-state index contributed by atoms with van der Waals surface area (Å²) in [4.78, 5) is 31.0. The topological polar surface area (TPSA) is 62.3 Å². The van der Waals surface area contributed by atoms with E-state index in [1.807, 2.05) is 24.3 Å². The first-order chi connectivity index (χ1) is 12.8. The molecule has 0 aliphatic carbocycles. The van der Waals surface area contributed by atoms with Gasteiger partial charge in [-0.1, -0.05) is 52.7 Å². The summed E-state index contributed by atoms with van der Waals surface area (Å²) in [5, 5.41) is 5.11. The van der Waals surface area contributed by atoms with E-state index in [4.69, 9.17) is 0 Å². The van der Waals surface area contributed by atoms with E-state index in [0.717, 1.165) is 19.3 Å². The number of carbonyl (C=O) groups is 2. The second-order valence-corrected chi connectivity index (χ2v) is 8.54. The molecule has 2 amide bonds. The summed E-state index contributed by atoms with van der Waals surface area (Å²) in [7, 11) is 0. The van der Waals surface area contributed by atoms with Crippen LogP contribution < -0.4 is 5.32 Å². The maximum absolute atomic E-state index is 13.0. The molecule has 2 rings (SSSR count). The van der Waals surface area contributed by atoms with E-state index >= 15 is 0 Å². The summed E-state index contributed by atoms with van der Waals surface area (Å²) >= 11 is 1.36. The lowest BCUT2D eigenvalue weighted by atomic mass is 9.86. The van der Waals surface area contributed by atoms with Gasteiger partial charge in [-0.3, -0.25) is 9.59 Å². The summed E-state index contributed by atoms with van der Waals surface area (Å²) in [6.07, 6.45) is 4.61. The summed E-state index contributed by atoms with van der Waals surface area (Å²) in [6.45, 7) is 9.15. The van der Waals surface area contributed by atoms with E-state index < -0.39 is 0 Å². The standard InChI is InChI=1S/C21H29N3O2S/c1-5-6-7-13-24(15-18(25)23-20-22-12-14-27-20)19(26)16-8-10-17(11-9-16)21(2,3)4/h8-12,14H,5-7,13,15H2,1-4H3,(H,22,23,25). The molecule has 1 N–H and O–H groups in total. The molecule has 6 heteroatoms. The number of hydrogen-bond donors (Lipinski definition) is 1. The van der Waals surface area contributed by atoms with Gasteiger partial charge in [0.15, 0.2) is 5.13 Å². The lowest BCUT2D eigenvalue weighted by Crippen LogP contribution is -2.38. The van der Waals surface area contributed by atoms with Crippen LogP contribution in [0.1, 0.15) is 62.9 Å². The second kappa shape index (κ2) is 9.65. The van der Waals surface area contributed by atoms with Gasteiger partial charge in [-0.2, -0.15) is 0 Å².